The van der Waals surface area contributed by atoms with Crippen molar-refractivity contribution >= 4 is 11.3 Å². The average molecular weight is 250 g/mol. The van der Waals surface area contributed by atoms with Gasteiger partial charge in [-0.15, -0.1) is 11.3 Å². The molecule has 1 aromatic heterocycles. The minimum absolute atomic E-state index is 0.391. The summed E-state index contributed by atoms with van der Waals surface area (Å²) in [4.78, 5) is 9.74. The molecule has 0 bridgehead atoms. The lowest BCUT2D eigenvalue weighted by Gasteiger charge is -2.05. The molecule has 2 rings (SSSR count). The van der Waals surface area contributed by atoms with E-state index < -0.39 is 0 Å². The maximum atomic E-state index is 5.42. The van der Waals surface area contributed by atoms with Crippen LogP contribution in [-0.2, 0) is 11.3 Å². The highest BCUT2D eigenvalue weighted by Crippen LogP contribution is 2.16. The number of benzene rings is 1. The molecule has 0 aliphatic carbocycles. The molecule has 0 amide bonds. The highest BCUT2D eigenvalue weighted by molar-refractivity contribution is 7.09. The second-order valence-electron chi connectivity index (χ2n) is 3.51. The monoisotopic (exact) mass is 250 g/mol. The standard InChI is InChI=1S/C12H14N2O2S/c13-16-6-5-15-11-3-1-10(2-4-11)7-12-8-14-9-17-12/h1-4,8-9H,5-7,13H2. The van der Waals surface area contributed by atoms with Crippen molar-refractivity contribution < 1.29 is 9.57 Å². The third-order valence-corrected chi connectivity index (χ3v) is 3.03. The van der Waals surface area contributed by atoms with Crippen LogP contribution in [0.15, 0.2) is 36.0 Å². The van der Waals surface area contributed by atoms with E-state index in [1.165, 1.54) is 10.4 Å². The number of aromatic nitrogens is 1. The second kappa shape index (κ2) is 6.34. The minimum Gasteiger partial charge on any atom is -0.491 e. The van der Waals surface area contributed by atoms with Crippen LogP contribution in [0, 0.1) is 0 Å². The van der Waals surface area contributed by atoms with Crippen LogP contribution in [-0.4, -0.2) is 18.2 Å². The van der Waals surface area contributed by atoms with Crippen molar-refractivity contribution in [3.05, 3.63) is 46.4 Å². The van der Waals surface area contributed by atoms with Gasteiger partial charge >= 0.3 is 0 Å². The number of nitrogens with zero attached hydrogens (tertiary/aromatic N) is 1. The van der Waals surface area contributed by atoms with Gasteiger partial charge in [0.15, 0.2) is 0 Å². The molecule has 4 nitrogen and oxygen atoms in total. The molecule has 0 saturated heterocycles. The zero-order valence-corrected chi connectivity index (χ0v) is 10.2. The van der Waals surface area contributed by atoms with Gasteiger partial charge in [0.05, 0.1) is 5.51 Å². The number of ether oxygens (including phenoxy) is 1. The number of rotatable bonds is 6. The molecule has 1 aromatic carbocycles. The van der Waals surface area contributed by atoms with Crippen molar-refractivity contribution in [1.29, 1.82) is 0 Å². The molecule has 1 heterocycles. The molecule has 90 valence electrons. The second-order valence-corrected chi connectivity index (χ2v) is 4.48. The Kier molecular flexibility index (Phi) is 4.49. The Labute approximate surface area is 104 Å². The van der Waals surface area contributed by atoms with E-state index in [-0.39, 0.29) is 0 Å². The number of hydrogen-bond acceptors (Lipinski definition) is 5. The molecule has 0 saturated carbocycles. The fourth-order valence-electron chi connectivity index (χ4n) is 1.44. The number of thiazole rings is 1. The van der Waals surface area contributed by atoms with Crippen LogP contribution in [0.5, 0.6) is 5.75 Å². The lowest BCUT2D eigenvalue weighted by Crippen LogP contribution is -2.09. The SMILES string of the molecule is NOCCOc1ccc(Cc2cncs2)cc1. The summed E-state index contributed by atoms with van der Waals surface area (Å²) < 4.78 is 5.42. The van der Waals surface area contributed by atoms with Crippen LogP contribution in [0.2, 0.25) is 0 Å². The number of nitrogens with two attached hydrogens (primary N) is 1. The molecule has 2 N–H and O–H groups in total. The van der Waals surface area contributed by atoms with E-state index in [9.17, 15) is 0 Å². The average Bonchev–Trinajstić information content (AvgIpc) is 2.85. The van der Waals surface area contributed by atoms with E-state index in [0.717, 1.165) is 12.2 Å². The fraction of sp³-hybridized carbons (Fsp3) is 0.250. The summed E-state index contributed by atoms with van der Waals surface area (Å²) in [5.74, 6) is 5.74. The van der Waals surface area contributed by atoms with Crippen molar-refractivity contribution in [3.8, 4) is 5.75 Å². The van der Waals surface area contributed by atoms with E-state index >= 15 is 0 Å². The van der Waals surface area contributed by atoms with Crippen LogP contribution >= 0.6 is 11.3 Å². The number of hydrogen-bond donors (Lipinski definition) is 1. The van der Waals surface area contributed by atoms with Gasteiger partial charge in [-0.3, -0.25) is 4.98 Å². The highest BCUT2D eigenvalue weighted by atomic mass is 32.1. The van der Waals surface area contributed by atoms with Gasteiger partial charge in [0.25, 0.3) is 0 Å². The van der Waals surface area contributed by atoms with Crippen LogP contribution in [0.1, 0.15) is 10.4 Å². The Morgan fingerprint density at radius 1 is 1.18 bits per heavy atom. The summed E-state index contributed by atoms with van der Waals surface area (Å²) in [6.07, 6.45) is 2.81. The van der Waals surface area contributed by atoms with E-state index in [4.69, 9.17) is 10.6 Å². The Morgan fingerprint density at radius 3 is 2.65 bits per heavy atom. The van der Waals surface area contributed by atoms with Crippen molar-refractivity contribution in [2.75, 3.05) is 13.2 Å². The van der Waals surface area contributed by atoms with Gasteiger partial charge in [0, 0.05) is 17.5 Å². The minimum atomic E-state index is 0.391. The van der Waals surface area contributed by atoms with Crippen LogP contribution < -0.4 is 10.6 Å². The van der Waals surface area contributed by atoms with Gasteiger partial charge in [0.2, 0.25) is 0 Å². The van der Waals surface area contributed by atoms with Gasteiger partial charge in [0.1, 0.15) is 19.0 Å². The Morgan fingerprint density at radius 2 is 2.00 bits per heavy atom. The molecule has 0 spiro atoms. The van der Waals surface area contributed by atoms with E-state index in [1.807, 2.05) is 23.8 Å². The lowest BCUT2D eigenvalue weighted by molar-refractivity contribution is 0.102. The summed E-state index contributed by atoms with van der Waals surface area (Å²) in [6, 6.07) is 8.01. The fourth-order valence-corrected chi connectivity index (χ4v) is 2.07. The van der Waals surface area contributed by atoms with Gasteiger partial charge in [-0.1, -0.05) is 12.1 Å². The van der Waals surface area contributed by atoms with Crippen LogP contribution in [0.25, 0.3) is 0 Å². The van der Waals surface area contributed by atoms with E-state index in [1.54, 1.807) is 11.3 Å². The largest absolute Gasteiger partial charge is 0.491 e. The molecule has 0 aliphatic heterocycles. The summed E-state index contributed by atoms with van der Waals surface area (Å²) >= 11 is 1.67. The quantitative estimate of drug-likeness (QED) is 0.629. The third kappa shape index (κ3) is 3.81. The molecule has 0 aliphatic rings. The lowest BCUT2D eigenvalue weighted by atomic mass is 10.1. The molecule has 0 radical (unpaired) electrons. The van der Waals surface area contributed by atoms with Crippen LogP contribution in [0.3, 0.4) is 0 Å². The molecular formula is C12H14N2O2S. The van der Waals surface area contributed by atoms with Crippen molar-refractivity contribution in [2.24, 2.45) is 5.90 Å². The topological polar surface area (TPSA) is 57.4 Å². The summed E-state index contributed by atoms with van der Waals surface area (Å²) in [5, 5.41) is 0. The molecule has 0 atom stereocenters. The third-order valence-electron chi connectivity index (χ3n) is 2.26. The van der Waals surface area contributed by atoms with Gasteiger partial charge in [-0.05, 0) is 17.7 Å². The molecule has 17 heavy (non-hydrogen) atoms. The molecule has 2 aromatic rings. The summed E-state index contributed by atoms with van der Waals surface area (Å²) in [5.41, 5.74) is 3.09. The van der Waals surface area contributed by atoms with E-state index in [2.05, 4.69) is 22.0 Å². The predicted octanol–water partition coefficient (Wildman–Crippen LogP) is 2.00. The van der Waals surface area contributed by atoms with Gasteiger partial charge < -0.3 is 9.57 Å². The Bertz CT molecular complexity index is 428. The normalized spacial score (nSPS) is 10.4. The van der Waals surface area contributed by atoms with Crippen molar-refractivity contribution in [3.63, 3.8) is 0 Å². The molecule has 5 heteroatoms. The highest BCUT2D eigenvalue weighted by Gasteiger charge is 1.99. The first-order chi connectivity index (χ1) is 8.38. The zero-order chi connectivity index (χ0) is 11.9. The first-order valence-electron chi connectivity index (χ1n) is 5.29. The Hall–Kier alpha value is -1.43. The van der Waals surface area contributed by atoms with Gasteiger partial charge in [-0.25, -0.2) is 5.90 Å². The van der Waals surface area contributed by atoms with Gasteiger partial charge in [-0.2, -0.15) is 0 Å². The van der Waals surface area contributed by atoms with E-state index in [0.29, 0.717) is 13.2 Å². The molecule has 0 unspecified atom stereocenters. The first kappa shape index (κ1) is 12.0. The van der Waals surface area contributed by atoms with Crippen molar-refractivity contribution in [1.82, 2.24) is 4.98 Å². The zero-order valence-electron chi connectivity index (χ0n) is 9.33. The maximum absolute atomic E-state index is 5.42. The van der Waals surface area contributed by atoms with Crippen molar-refractivity contribution in [2.45, 2.75) is 6.42 Å². The maximum Gasteiger partial charge on any atom is 0.119 e. The Balaban J connectivity index is 1.89. The summed E-state index contributed by atoms with van der Waals surface area (Å²) in [7, 11) is 0. The summed E-state index contributed by atoms with van der Waals surface area (Å²) in [6.45, 7) is 0.854. The smallest absolute Gasteiger partial charge is 0.119 e. The molecule has 0 fully saturated rings. The first-order valence-corrected chi connectivity index (χ1v) is 6.17. The molecular weight excluding hydrogens is 236 g/mol. The van der Waals surface area contributed by atoms with Crippen LogP contribution in [0.4, 0.5) is 0 Å². The predicted molar refractivity (Wildman–Crippen MR) is 67.0 cm³/mol.